The molecule has 134 valence electrons. The topological polar surface area (TPSA) is 72.4 Å². The van der Waals surface area contributed by atoms with Crippen molar-refractivity contribution in [3.05, 3.63) is 59.1 Å². The SMILES string of the molecule is COC(=O)C(=O)N(Cc1nc2ccccc2s1)C(C)c1ncccc1F. The number of aromatic nitrogens is 2. The number of benzene rings is 1. The van der Waals surface area contributed by atoms with E-state index in [4.69, 9.17) is 0 Å². The first-order valence-corrected chi connectivity index (χ1v) is 8.66. The van der Waals surface area contributed by atoms with Crippen LogP contribution in [-0.2, 0) is 20.9 Å². The van der Waals surface area contributed by atoms with Gasteiger partial charge >= 0.3 is 11.9 Å². The van der Waals surface area contributed by atoms with Crippen LogP contribution in [0.4, 0.5) is 4.39 Å². The maximum absolute atomic E-state index is 14.1. The number of para-hydroxylation sites is 1. The Labute approximate surface area is 153 Å². The summed E-state index contributed by atoms with van der Waals surface area (Å²) >= 11 is 1.41. The van der Waals surface area contributed by atoms with Gasteiger partial charge in [-0.15, -0.1) is 11.3 Å². The number of methoxy groups -OCH3 is 1. The quantitative estimate of drug-likeness (QED) is 0.519. The van der Waals surface area contributed by atoms with Crippen LogP contribution in [0.3, 0.4) is 0 Å². The van der Waals surface area contributed by atoms with Crippen LogP contribution in [0, 0.1) is 5.82 Å². The summed E-state index contributed by atoms with van der Waals surface area (Å²) in [4.78, 5) is 34.0. The largest absolute Gasteiger partial charge is 0.462 e. The van der Waals surface area contributed by atoms with Gasteiger partial charge in [-0.05, 0) is 31.2 Å². The van der Waals surface area contributed by atoms with E-state index in [1.807, 2.05) is 24.3 Å². The van der Waals surface area contributed by atoms with E-state index >= 15 is 0 Å². The Balaban J connectivity index is 1.96. The Bertz CT molecular complexity index is 927. The minimum Gasteiger partial charge on any atom is -0.462 e. The summed E-state index contributed by atoms with van der Waals surface area (Å²) in [5.41, 5.74) is 0.875. The Morgan fingerprint density at radius 3 is 2.73 bits per heavy atom. The third-order valence-corrected chi connectivity index (χ3v) is 4.94. The first kappa shape index (κ1) is 17.9. The second-order valence-corrected chi connectivity index (χ2v) is 6.66. The number of carbonyl (C=O) groups excluding carboxylic acids is 2. The highest BCUT2D eigenvalue weighted by atomic mass is 32.1. The second-order valence-electron chi connectivity index (χ2n) is 5.55. The Morgan fingerprint density at radius 2 is 2.04 bits per heavy atom. The molecule has 1 amide bonds. The molecule has 3 aromatic rings. The number of carbonyl (C=O) groups is 2. The van der Waals surface area contributed by atoms with Crippen LogP contribution in [0.1, 0.15) is 23.7 Å². The molecular formula is C18H16FN3O3S. The molecule has 0 fully saturated rings. The van der Waals surface area contributed by atoms with Crippen molar-refractivity contribution in [1.29, 1.82) is 0 Å². The zero-order valence-electron chi connectivity index (χ0n) is 14.2. The number of ether oxygens (including phenoxy) is 1. The van der Waals surface area contributed by atoms with Crippen molar-refractivity contribution in [3.8, 4) is 0 Å². The van der Waals surface area contributed by atoms with Gasteiger partial charge in [0.15, 0.2) is 0 Å². The van der Waals surface area contributed by atoms with Crippen molar-refractivity contribution in [2.24, 2.45) is 0 Å². The molecule has 8 heteroatoms. The summed E-state index contributed by atoms with van der Waals surface area (Å²) in [6.45, 7) is 1.66. The zero-order chi connectivity index (χ0) is 18.7. The summed E-state index contributed by atoms with van der Waals surface area (Å²) in [5, 5.41) is 0.631. The average molecular weight is 373 g/mol. The number of thiazole rings is 1. The van der Waals surface area contributed by atoms with Crippen LogP contribution in [0.5, 0.6) is 0 Å². The molecule has 2 heterocycles. The van der Waals surface area contributed by atoms with E-state index in [1.54, 1.807) is 6.92 Å². The molecule has 0 radical (unpaired) electrons. The van der Waals surface area contributed by atoms with E-state index in [0.717, 1.165) is 17.3 Å². The van der Waals surface area contributed by atoms with Crippen LogP contribution in [-0.4, -0.2) is 33.9 Å². The van der Waals surface area contributed by atoms with Gasteiger partial charge in [-0.2, -0.15) is 0 Å². The molecule has 1 aromatic carbocycles. The average Bonchev–Trinajstić information content (AvgIpc) is 3.07. The van der Waals surface area contributed by atoms with Crippen molar-refractivity contribution in [2.45, 2.75) is 19.5 Å². The van der Waals surface area contributed by atoms with E-state index in [1.165, 1.54) is 34.6 Å². The van der Waals surface area contributed by atoms with Gasteiger partial charge < -0.3 is 9.64 Å². The summed E-state index contributed by atoms with van der Waals surface area (Å²) in [7, 11) is 1.13. The molecule has 0 saturated heterocycles. The number of nitrogens with zero attached hydrogens (tertiary/aromatic N) is 3. The molecule has 3 rings (SSSR count). The second kappa shape index (κ2) is 7.57. The maximum Gasteiger partial charge on any atom is 0.396 e. The molecule has 0 bridgehead atoms. The maximum atomic E-state index is 14.1. The van der Waals surface area contributed by atoms with Crippen LogP contribution in [0.25, 0.3) is 10.2 Å². The lowest BCUT2D eigenvalue weighted by molar-refractivity contribution is -0.159. The normalized spacial score (nSPS) is 12.0. The monoisotopic (exact) mass is 373 g/mol. The van der Waals surface area contributed by atoms with Crippen molar-refractivity contribution >= 4 is 33.4 Å². The molecule has 6 nitrogen and oxygen atoms in total. The fourth-order valence-corrected chi connectivity index (χ4v) is 3.54. The van der Waals surface area contributed by atoms with Crippen molar-refractivity contribution < 1.29 is 18.7 Å². The molecule has 0 aliphatic rings. The van der Waals surface area contributed by atoms with Gasteiger partial charge in [0.25, 0.3) is 0 Å². The number of pyridine rings is 1. The minimum absolute atomic E-state index is 0.0461. The van der Waals surface area contributed by atoms with Crippen LogP contribution < -0.4 is 0 Å². The molecule has 1 unspecified atom stereocenters. The van der Waals surface area contributed by atoms with Crippen LogP contribution in [0.15, 0.2) is 42.6 Å². The molecule has 1 atom stereocenters. The van der Waals surface area contributed by atoms with E-state index in [2.05, 4.69) is 14.7 Å². The van der Waals surface area contributed by atoms with Crippen molar-refractivity contribution in [2.75, 3.05) is 7.11 Å². The van der Waals surface area contributed by atoms with Gasteiger partial charge in [0, 0.05) is 6.20 Å². The van der Waals surface area contributed by atoms with Crippen LogP contribution in [0.2, 0.25) is 0 Å². The highest BCUT2D eigenvalue weighted by Crippen LogP contribution is 2.27. The van der Waals surface area contributed by atoms with Gasteiger partial charge in [-0.3, -0.25) is 9.78 Å². The smallest absolute Gasteiger partial charge is 0.396 e. The number of halogens is 1. The highest BCUT2D eigenvalue weighted by molar-refractivity contribution is 7.18. The lowest BCUT2D eigenvalue weighted by Gasteiger charge is -2.27. The molecule has 0 N–H and O–H groups in total. The van der Waals surface area contributed by atoms with Crippen LogP contribution >= 0.6 is 11.3 Å². The number of fused-ring (bicyclic) bond motifs is 1. The lowest BCUT2D eigenvalue weighted by Crippen LogP contribution is -2.39. The fourth-order valence-electron chi connectivity index (χ4n) is 2.58. The predicted octanol–water partition coefficient (Wildman–Crippen LogP) is 3.09. The van der Waals surface area contributed by atoms with Gasteiger partial charge in [0.2, 0.25) is 0 Å². The number of esters is 1. The lowest BCUT2D eigenvalue weighted by atomic mass is 10.1. The summed E-state index contributed by atoms with van der Waals surface area (Å²) in [6, 6.07) is 9.51. The van der Waals surface area contributed by atoms with E-state index in [-0.39, 0.29) is 12.2 Å². The summed E-state index contributed by atoms with van der Waals surface area (Å²) in [6.07, 6.45) is 1.44. The molecular weight excluding hydrogens is 357 g/mol. The van der Waals surface area contributed by atoms with E-state index in [9.17, 15) is 14.0 Å². The number of rotatable bonds is 4. The van der Waals surface area contributed by atoms with Crippen molar-refractivity contribution in [3.63, 3.8) is 0 Å². The molecule has 26 heavy (non-hydrogen) atoms. The Hall–Kier alpha value is -2.87. The third kappa shape index (κ3) is 3.55. The first-order valence-electron chi connectivity index (χ1n) is 7.85. The predicted molar refractivity (Wildman–Crippen MR) is 94.8 cm³/mol. The standard InChI is InChI=1S/C18H16FN3O3S/c1-11(16-12(19)6-5-9-20-16)22(17(23)18(24)25-2)10-15-21-13-7-3-4-8-14(13)26-15/h3-9,11H,10H2,1-2H3. The summed E-state index contributed by atoms with van der Waals surface area (Å²) < 4.78 is 19.6. The zero-order valence-corrected chi connectivity index (χ0v) is 15.0. The van der Waals surface area contributed by atoms with Gasteiger partial charge in [0.05, 0.1) is 35.6 Å². The highest BCUT2D eigenvalue weighted by Gasteiger charge is 2.30. The van der Waals surface area contributed by atoms with E-state index < -0.39 is 23.7 Å². The molecule has 0 spiro atoms. The first-order chi connectivity index (χ1) is 12.5. The van der Waals surface area contributed by atoms with Gasteiger partial charge in [-0.1, -0.05) is 12.1 Å². The fraction of sp³-hybridized carbons (Fsp3) is 0.222. The van der Waals surface area contributed by atoms with Crippen molar-refractivity contribution in [1.82, 2.24) is 14.9 Å². The number of hydrogen-bond acceptors (Lipinski definition) is 6. The number of hydrogen-bond donors (Lipinski definition) is 0. The molecule has 2 aromatic heterocycles. The van der Waals surface area contributed by atoms with Gasteiger partial charge in [0.1, 0.15) is 10.8 Å². The summed E-state index contributed by atoms with van der Waals surface area (Å²) in [5.74, 6) is -2.44. The number of amides is 1. The molecule has 0 aliphatic carbocycles. The molecule has 0 aliphatic heterocycles. The molecule has 0 saturated carbocycles. The minimum atomic E-state index is -1.02. The third-order valence-electron chi connectivity index (χ3n) is 3.91. The van der Waals surface area contributed by atoms with Gasteiger partial charge in [-0.25, -0.2) is 14.2 Å². The van der Waals surface area contributed by atoms with E-state index in [0.29, 0.717) is 5.01 Å². The Kier molecular flexibility index (Phi) is 5.22. The Morgan fingerprint density at radius 1 is 1.27 bits per heavy atom.